The quantitative estimate of drug-likeness (QED) is 0.544. The van der Waals surface area contributed by atoms with Gasteiger partial charge in [0.1, 0.15) is 17.3 Å². The summed E-state index contributed by atoms with van der Waals surface area (Å²) in [5, 5.41) is 0. The van der Waals surface area contributed by atoms with Crippen molar-refractivity contribution in [3.63, 3.8) is 0 Å². The minimum Gasteiger partial charge on any atom is -0.497 e. The van der Waals surface area contributed by atoms with Gasteiger partial charge in [0.05, 0.1) is 19.2 Å². The number of para-hydroxylation sites is 1. The number of aryl methyl sites for hydroxylation is 1. The summed E-state index contributed by atoms with van der Waals surface area (Å²) in [6.07, 6.45) is 1.79. The predicted octanol–water partition coefficient (Wildman–Crippen LogP) is 4.57. The number of anilines is 1. The first-order valence-electron chi connectivity index (χ1n) is 10.9. The summed E-state index contributed by atoms with van der Waals surface area (Å²) < 4.78 is 18.8. The molecule has 33 heavy (non-hydrogen) atoms. The van der Waals surface area contributed by atoms with Crippen LogP contribution in [0.4, 0.5) is 10.1 Å². The Morgan fingerprint density at radius 1 is 0.909 bits per heavy atom. The Balaban J connectivity index is 1.58. The summed E-state index contributed by atoms with van der Waals surface area (Å²) in [5.41, 5.74) is 4.09. The molecule has 0 radical (unpaired) electrons. The molecule has 0 saturated heterocycles. The van der Waals surface area contributed by atoms with Crippen LogP contribution in [0.2, 0.25) is 0 Å². The maximum atomic E-state index is 13.7. The zero-order chi connectivity index (χ0) is 22.9. The highest BCUT2D eigenvalue weighted by Gasteiger charge is 2.42. The van der Waals surface area contributed by atoms with Crippen LogP contribution in [0.25, 0.3) is 5.57 Å². The van der Waals surface area contributed by atoms with E-state index in [0.717, 1.165) is 29.7 Å². The lowest BCUT2D eigenvalue weighted by Crippen LogP contribution is -2.36. The van der Waals surface area contributed by atoms with Crippen LogP contribution in [-0.4, -0.2) is 30.4 Å². The van der Waals surface area contributed by atoms with Crippen molar-refractivity contribution >= 4 is 23.1 Å². The number of rotatable bonds is 5. The largest absolute Gasteiger partial charge is 0.497 e. The van der Waals surface area contributed by atoms with Gasteiger partial charge in [-0.3, -0.25) is 14.5 Å². The van der Waals surface area contributed by atoms with E-state index in [2.05, 4.69) is 6.07 Å². The summed E-state index contributed by atoms with van der Waals surface area (Å²) in [6.45, 7) is 0.776. The number of ether oxygens (including phenoxy) is 1. The van der Waals surface area contributed by atoms with E-state index in [1.165, 1.54) is 17.0 Å². The van der Waals surface area contributed by atoms with Crippen molar-refractivity contribution in [1.29, 1.82) is 0 Å². The Morgan fingerprint density at radius 3 is 2.36 bits per heavy atom. The lowest BCUT2D eigenvalue weighted by Gasteiger charge is -2.32. The fourth-order valence-electron chi connectivity index (χ4n) is 4.51. The van der Waals surface area contributed by atoms with Crippen molar-refractivity contribution in [2.24, 2.45) is 0 Å². The molecule has 2 heterocycles. The van der Waals surface area contributed by atoms with Crippen LogP contribution in [-0.2, 0) is 22.6 Å². The molecule has 0 bridgehead atoms. The van der Waals surface area contributed by atoms with Crippen LogP contribution in [0.3, 0.4) is 0 Å². The van der Waals surface area contributed by atoms with Gasteiger partial charge in [-0.1, -0.05) is 42.5 Å². The number of halogens is 1. The molecule has 0 saturated carbocycles. The molecule has 5 nitrogen and oxygen atoms in total. The van der Waals surface area contributed by atoms with Crippen molar-refractivity contribution in [2.75, 3.05) is 18.6 Å². The van der Waals surface area contributed by atoms with Gasteiger partial charge in [-0.05, 0) is 59.9 Å². The monoisotopic (exact) mass is 442 g/mol. The Labute approximate surface area is 191 Å². The maximum absolute atomic E-state index is 13.7. The molecule has 2 amide bonds. The Kier molecular flexibility index (Phi) is 5.42. The number of benzene rings is 3. The van der Waals surface area contributed by atoms with E-state index in [0.29, 0.717) is 29.1 Å². The number of hydrogen-bond donors (Lipinski definition) is 0. The third kappa shape index (κ3) is 3.78. The Morgan fingerprint density at radius 2 is 1.64 bits per heavy atom. The highest BCUT2D eigenvalue weighted by Crippen LogP contribution is 2.38. The molecule has 2 aliphatic heterocycles. The molecular weight excluding hydrogens is 419 g/mol. The van der Waals surface area contributed by atoms with Gasteiger partial charge in [-0.25, -0.2) is 4.39 Å². The van der Waals surface area contributed by atoms with Crippen LogP contribution in [0.15, 0.2) is 78.5 Å². The van der Waals surface area contributed by atoms with Crippen LogP contribution in [0.1, 0.15) is 23.1 Å². The van der Waals surface area contributed by atoms with Gasteiger partial charge < -0.3 is 9.64 Å². The second kappa shape index (κ2) is 8.54. The SMILES string of the molecule is COc1ccc(CN2C(=O)C(c3ccc(F)cc3)=C(N3CCCc4ccccc43)C2=O)cc1. The van der Waals surface area contributed by atoms with Crippen LogP contribution >= 0.6 is 0 Å². The molecule has 3 aromatic carbocycles. The highest BCUT2D eigenvalue weighted by molar-refractivity contribution is 6.36. The van der Waals surface area contributed by atoms with Crippen LogP contribution < -0.4 is 9.64 Å². The minimum absolute atomic E-state index is 0.144. The van der Waals surface area contributed by atoms with Crippen molar-refractivity contribution in [2.45, 2.75) is 19.4 Å². The summed E-state index contributed by atoms with van der Waals surface area (Å²) >= 11 is 0. The number of fused-ring (bicyclic) bond motifs is 1. The molecule has 5 rings (SSSR count). The van der Waals surface area contributed by atoms with Crippen molar-refractivity contribution < 1.29 is 18.7 Å². The first-order chi connectivity index (χ1) is 16.1. The van der Waals surface area contributed by atoms with Crippen molar-refractivity contribution in [1.82, 2.24) is 4.90 Å². The van der Waals surface area contributed by atoms with Crippen LogP contribution in [0.5, 0.6) is 5.75 Å². The molecule has 0 unspecified atom stereocenters. The molecule has 0 aromatic heterocycles. The molecule has 0 fully saturated rings. The summed E-state index contributed by atoms with van der Waals surface area (Å²) in [6, 6.07) is 21.0. The molecule has 0 spiro atoms. The van der Waals surface area contributed by atoms with Crippen molar-refractivity contribution in [3.05, 3.63) is 101 Å². The van der Waals surface area contributed by atoms with Gasteiger partial charge >= 0.3 is 0 Å². The maximum Gasteiger partial charge on any atom is 0.278 e. The number of carbonyl (C=O) groups excluding carboxylic acids is 2. The van der Waals surface area contributed by atoms with Gasteiger partial charge in [0.15, 0.2) is 0 Å². The van der Waals surface area contributed by atoms with Crippen molar-refractivity contribution in [3.8, 4) is 5.75 Å². The smallest absolute Gasteiger partial charge is 0.278 e. The molecule has 0 N–H and O–H groups in total. The van der Waals surface area contributed by atoms with E-state index in [1.807, 2.05) is 35.2 Å². The number of carbonyl (C=O) groups is 2. The fourth-order valence-corrected chi connectivity index (χ4v) is 4.51. The molecule has 2 aliphatic rings. The lowest BCUT2D eigenvalue weighted by atomic mass is 9.98. The zero-order valence-electron chi connectivity index (χ0n) is 18.3. The van der Waals surface area contributed by atoms with Crippen LogP contribution in [0, 0.1) is 5.82 Å². The molecular formula is C27H23FN2O3. The summed E-state index contributed by atoms with van der Waals surface area (Å²) in [4.78, 5) is 30.5. The first kappa shape index (κ1) is 20.9. The van der Waals surface area contributed by atoms with Gasteiger partial charge in [-0.15, -0.1) is 0 Å². The third-order valence-electron chi connectivity index (χ3n) is 6.16. The third-order valence-corrected chi connectivity index (χ3v) is 6.16. The van der Waals surface area contributed by atoms with Gasteiger partial charge in [0.25, 0.3) is 11.8 Å². The van der Waals surface area contributed by atoms with E-state index in [4.69, 9.17) is 4.74 Å². The average molecular weight is 442 g/mol. The number of hydrogen-bond acceptors (Lipinski definition) is 4. The second-order valence-electron chi connectivity index (χ2n) is 8.16. The fraction of sp³-hybridized carbons (Fsp3) is 0.185. The first-order valence-corrected chi connectivity index (χ1v) is 10.9. The molecule has 0 aliphatic carbocycles. The Bertz CT molecular complexity index is 1250. The van der Waals surface area contributed by atoms with Gasteiger partial charge in [0.2, 0.25) is 0 Å². The second-order valence-corrected chi connectivity index (χ2v) is 8.16. The number of nitrogens with zero attached hydrogens (tertiary/aromatic N) is 2. The lowest BCUT2D eigenvalue weighted by molar-refractivity contribution is -0.137. The van der Waals surface area contributed by atoms with E-state index in [-0.39, 0.29) is 18.4 Å². The normalized spacial score (nSPS) is 15.8. The van der Waals surface area contributed by atoms with E-state index in [1.54, 1.807) is 31.4 Å². The predicted molar refractivity (Wildman–Crippen MR) is 124 cm³/mol. The minimum atomic E-state index is -0.393. The molecule has 3 aromatic rings. The Hall–Kier alpha value is -3.93. The molecule has 0 atom stereocenters. The number of methoxy groups -OCH3 is 1. The number of amides is 2. The molecule has 6 heteroatoms. The van der Waals surface area contributed by atoms with E-state index < -0.39 is 5.82 Å². The summed E-state index contributed by atoms with van der Waals surface area (Å²) in [5.74, 6) is -0.406. The summed E-state index contributed by atoms with van der Waals surface area (Å²) in [7, 11) is 1.59. The van der Waals surface area contributed by atoms with Gasteiger partial charge in [0, 0.05) is 12.2 Å². The van der Waals surface area contributed by atoms with Gasteiger partial charge in [-0.2, -0.15) is 0 Å². The molecule has 166 valence electrons. The highest BCUT2D eigenvalue weighted by atomic mass is 19.1. The topological polar surface area (TPSA) is 49.9 Å². The standard InChI is InChI=1S/C27H23FN2O3/c1-33-22-14-8-18(9-15-22)17-30-26(31)24(20-10-12-21(28)13-11-20)25(27(30)32)29-16-4-6-19-5-2-3-7-23(19)29/h2-3,5,7-15H,4,6,16-17H2,1H3. The van der Waals surface area contributed by atoms with E-state index in [9.17, 15) is 14.0 Å². The zero-order valence-corrected chi connectivity index (χ0v) is 18.3. The average Bonchev–Trinajstić information content (AvgIpc) is 3.09. The number of imide groups is 1. The van der Waals surface area contributed by atoms with E-state index >= 15 is 0 Å².